The summed E-state index contributed by atoms with van der Waals surface area (Å²) in [6.45, 7) is 3.81. The van der Waals surface area contributed by atoms with Crippen molar-refractivity contribution in [3.63, 3.8) is 0 Å². The van der Waals surface area contributed by atoms with E-state index >= 15 is 0 Å². The Bertz CT molecular complexity index is 523. The molecule has 1 heterocycles. The summed E-state index contributed by atoms with van der Waals surface area (Å²) in [6, 6.07) is 5.63. The van der Waals surface area contributed by atoms with Crippen molar-refractivity contribution in [2.24, 2.45) is 0 Å². The van der Waals surface area contributed by atoms with Gasteiger partial charge in [0.05, 0.1) is 5.69 Å². The van der Waals surface area contributed by atoms with Crippen LogP contribution in [0.25, 0.3) is 0 Å². The number of rotatable bonds is 1. The number of hydrogen-bond donors (Lipinski definition) is 1. The summed E-state index contributed by atoms with van der Waals surface area (Å²) in [6.07, 6.45) is 0.295. The molecule has 0 aliphatic carbocycles. The summed E-state index contributed by atoms with van der Waals surface area (Å²) in [7, 11) is 0. The highest BCUT2D eigenvalue weighted by molar-refractivity contribution is 9.11. The molecule has 0 spiro atoms. The van der Waals surface area contributed by atoms with Crippen LogP contribution in [0.4, 0.5) is 5.69 Å². The maximum atomic E-state index is 12.6. The molecule has 2 amide bonds. The lowest BCUT2D eigenvalue weighted by Crippen LogP contribution is -2.53. The van der Waals surface area contributed by atoms with Crippen LogP contribution in [0.2, 0.25) is 0 Å². The van der Waals surface area contributed by atoms with E-state index < -0.39 is 5.54 Å². The second kappa shape index (κ2) is 5.25. The molecule has 0 unspecified atom stereocenters. The molecule has 1 aliphatic heterocycles. The van der Waals surface area contributed by atoms with Crippen molar-refractivity contribution in [3.8, 4) is 0 Å². The van der Waals surface area contributed by atoms with E-state index in [2.05, 4.69) is 37.2 Å². The van der Waals surface area contributed by atoms with Crippen LogP contribution in [0.1, 0.15) is 20.3 Å². The molecule has 2 rings (SSSR count). The predicted octanol–water partition coefficient (Wildman–Crippen LogP) is 2.84. The van der Waals surface area contributed by atoms with Gasteiger partial charge in [-0.25, -0.2) is 0 Å². The van der Waals surface area contributed by atoms with Gasteiger partial charge in [0.1, 0.15) is 5.54 Å². The Kier molecular flexibility index (Phi) is 4.01. The standard InChI is InChI=1S/C13H14Br2N2O2/c1-13(2)12(19)17(7-6-10(18)16-13)11-8(14)4-3-5-9(11)15/h3-5H,6-7H2,1-2H3,(H,16,18). The molecule has 0 bridgehead atoms. The highest BCUT2D eigenvalue weighted by Gasteiger charge is 2.38. The third-order valence-corrected chi connectivity index (χ3v) is 4.28. The number of halogens is 2. The average Bonchev–Trinajstić information content (AvgIpc) is 2.39. The first-order valence-electron chi connectivity index (χ1n) is 5.90. The molecule has 1 saturated heterocycles. The quantitative estimate of drug-likeness (QED) is 0.802. The Morgan fingerprint density at radius 2 is 1.79 bits per heavy atom. The molecule has 1 fully saturated rings. The zero-order valence-corrected chi connectivity index (χ0v) is 13.8. The van der Waals surface area contributed by atoms with Crippen molar-refractivity contribution in [1.82, 2.24) is 5.32 Å². The summed E-state index contributed by atoms with van der Waals surface area (Å²) < 4.78 is 1.64. The Morgan fingerprint density at radius 1 is 1.21 bits per heavy atom. The van der Waals surface area contributed by atoms with Crippen molar-refractivity contribution >= 4 is 49.4 Å². The number of hydrogen-bond acceptors (Lipinski definition) is 2. The van der Waals surface area contributed by atoms with E-state index in [0.29, 0.717) is 13.0 Å². The van der Waals surface area contributed by atoms with Crippen LogP contribution >= 0.6 is 31.9 Å². The Hall–Kier alpha value is -0.880. The first kappa shape index (κ1) is 14.5. The largest absolute Gasteiger partial charge is 0.342 e. The fourth-order valence-corrected chi connectivity index (χ4v) is 3.50. The minimum Gasteiger partial charge on any atom is -0.342 e. The summed E-state index contributed by atoms with van der Waals surface area (Å²) >= 11 is 6.92. The second-order valence-corrected chi connectivity index (χ2v) is 6.66. The fraction of sp³-hybridized carbons (Fsp3) is 0.385. The fourth-order valence-electron chi connectivity index (χ4n) is 2.08. The Labute approximate surface area is 128 Å². The number of para-hydroxylation sites is 1. The third-order valence-electron chi connectivity index (χ3n) is 3.00. The molecule has 1 aliphatic rings. The number of carbonyl (C=O) groups is 2. The maximum Gasteiger partial charge on any atom is 0.252 e. The Morgan fingerprint density at radius 3 is 2.37 bits per heavy atom. The van der Waals surface area contributed by atoms with E-state index in [0.717, 1.165) is 14.6 Å². The highest BCUT2D eigenvalue weighted by atomic mass is 79.9. The average molecular weight is 390 g/mol. The van der Waals surface area contributed by atoms with E-state index in [1.807, 2.05) is 18.2 Å². The summed E-state index contributed by atoms with van der Waals surface area (Å²) in [5.41, 5.74) is -0.139. The number of nitrogens with zero attached hydrogens (tertiary/aromatic N) is 1. The van der Waals surface area contributed by atoms with Crippen LogP contribution in [-0.4, -0.2) is 23.9 Å². The predicted molar refractivity (Wildman–Crippen MR) is 81.0 cm³/mol. The summed E-state index contributed by atoms with van der Waals surface area (Å²) in [4.78, 5) is 25.9. The van der Waals surface area contributed by atoms with E-state index in [4.69, 9.17) is 0 Å². The van der Waals surface area contributed by atoms with Gasteiger partial charge in [-0.05, 0) is 57.8 Å². The monoisotopic (exact) mass is 388 g/mol. The molecular formula is C13H14Br2N2O2. The number of nitrogens with one attached hydrogen (secondary N) is 1. The molecule has 0 radical (unpaired) electrons. The van der Waals surface area contributed by atoms with E-state index in [1.54, 1.807) is 18.7 Å². The van der Waals surface area contributed by atoms with Crippen LogP contribution in [0.5, 0.6) is 0 Å². The molecule has 6 heteroatoms. The minimum atomic E-state index is -0.900. The van der Waals surface area contributed by atoms with Gasteiger partial charge in [0.15, 0.2) is 0 Å². The van der Waals surface area contributed by atoms with Gasteiger partial charge in [0.25, 0.3) is 5.91 Å². The van der Waals surface area contributed by atoms with Crippen LogP contribution in [0.3, 0.4) is 0 Å². The molecule has 19 heavy (non-hydrogen) atoms. The van der Waals surface area contributed by atoms with Crippen molar-refractivity contribution in [3.05, 3.63) is 27.1 Å². The van der Waals surface area contributed by atoms with Crippen molar-refractivity contribution in [2.45, 2.75) is 25.8 Å². The van der Waals surface area contributed by atoms with Crippen LogP contribution in [0, 0.1) is 0 Å². The maximum absolute atomic E-state index is 12.6. The van der Waals surface area contributed by atoms with E-state index in [-0.39, 0.29) is 11.8 Å². The molecule has 0 aromatic heterocycles. The normalized spacial score (nSPS) is 19.1. The van der Waals surface area contributed by atoms with Gasteiger partial charge < -0.3 is 10.2 Å². The topological polar surface area (TPSA) is 49.4 Å². The van der Waals surface area contributed by atoms with Gasteiger partial charge in [-0.3, -0.25) is 9.59 Å². The molecule has 0 saturated carbocycles. The molecule has 1 aromatic carbocycles. The summed E-state index contributed by atoms with van der Waals surface area (Å²) in [5, 5.41) is 2.75. The third kappa shape index (κ3) is 2.84. The molecule has 0 atom stereocenters. The van der Waals surface area contributed by atoms with Gasteiger partial charge in [0.2, 0.25) is 5.91 Å². The van der Waals surface area contributed by atoms with Gasteiger partial charge >= 0.3 is 0 Å². The number of carbonyl (C=O) groups excluding carboxylic acids is 2. The highest BCUT2D eigenvalue weighted by Crippen LogP contribution is 2.35. The number of benzene rings is 1. The van der Waals surface area contributed by atoms with Crippen LogP contribution < -0.4 is 10.2 Å². The van der Waals surface area contributed by atoms with Gasteiger partial charge in [-0.1, -0.05) is 6.07 Å². The van der Waals surface area contributed by atoms with Crippen molar-refractivity contribution < 1.29 is 9.59 Å². The van der Waals surface area contributed by atoms with Crippen molar-refractivity contribution in [1.29, 1.82) is 0 Å². The Balaban J connectivity index is 2.49. The van der Waals surface area contributed by atoms with Crippen LogP contribution in [0.15, 0.2) is 27.1 Å². The first-order chi connectivity index (χ1) is 8.83. The molecular weight excluding hydrogens is 376 g/mol. The number of anilines is 1. The van der Waals surface area contributed by atoms with Crippen molar-refractivity contribution in [2.75, 3.05) is 11.4 Å². The summed E-state index contributed by atoms with van der Waals surface area (Å²) in [5.74, 6) is -0.227. The lowest BCUT2D eigenvalue weighted by Gasteiger charge is -2.30. The second-order valence-electron chi connectivity index (χ2n) is 4.95. The van der Waals surface area contributed by atoms with E-state index in [1.165, 1.54) is 0 Å². The number of amides is 2. The molecule has 102 valence electrons. The lowest BCUT2D eigenvalue weighted by atomic mass is 10.0. The molecule has 1 N–H and O–H groups in total. The molecule has 4 nitrogen and oxygen atoms in total. The van der Waals surface area contributed by atoms with E-state index in [9.17, 15) is 9.59 Å². The minimum absolute atomic E-state index is 0.107. The zero-order valence-electron chi connectivity index (χ0n) is 10.7. The lowest BCUT2D eigenvalue weighted by molar-refractivity contribution is -0.128. The van der Waals surface area contributed by atoms with Gasteiger partial charge in [-0.15, -0.1) is 0 Å². The van der Waals surface area contributed by atoms with Crippen LogP contribution in [-0.2, 0) is 9.59 Å². The SMILES string of the molecule is CC1(C)NC(=O)CCN(c2c(Br)cccc2Br)C1=O. The smallest absolute Gasteiger partial charge is 0.252 e. The van der Waals surface area contributed by atoms with Gasteiger partial charge in [0, 0.05) is 21.9 Å². The first-order valence-corrected chi connectivity index (χ1v) is 7.48. The molecule has 1 aromatic rings. The zero-order chi connectivity index (χ0) is 14.2. The van der Waals surface area contributed by atoms with Gasteiger partial charge in [-0.2, -0.15) is 0 Å².